The molecule has 0 bridgehead atoms. The van der Waals surface area contributed by atoms with Crippen molar-refractivity contribution in [2.75, 3.05) is 19.4 Å². The lowest BCUT2D eigenvalue weighted by Crippen LogP contribution is -2.16. The number of nitrogens with two attached hydrogens (primary N) is 1. The van der Waals surface area contributed by atoms with E-state index in [0.717, 1.165) is 12.8 Å². The van der Waals surface area contributed by atoms with E-state index >= 15 is 0 Å². The molecule has 0 radical (unpaired) electrons. The lowest BCUT2D eigenvalue weighted by Gasteiger charge is -2.15. The summed E-state index contributed by atoms with van der Waals surface area (Å²) in [5.74, 6) is 0.600. The molecule has 3 nitrogen and oxygen atoms in total. The van der Waals surface area contributed by atoms with Crippen LogP contribution in [0, 0.1) is 5.92 Å². The molecule has 0 aliphatic carbocycles. The molecule has 0 aromatic heterocycles. The Morgan fingerprint density at radius 3 is 2.29 bits per heavy atom. The van der Waals surface area contributed by atoms with Gasteiger partial charge in [0, 0.05) is 18.9 Å². The van der Waals surface area contributed by atoms with Crippen LogP contribution in [-0.4, -0.2) is 25.5 Å². The largest absolute Gasteiger partial charge is 0.329 e. The second-order valence-corrected chi connectivity index (χ2v) is 7.25. The van der Waals surface area contributed by atoms with Crippen LogP contribution in [0.2, 0.25) is 0 Å². The second-order valence-electron chi connectivity index (χ2n) is 4.52. The Labute approximate surface area is 87.9 Å². The molecule has 0 aliphatic rings. The van der Waals surface area contributed by atoms with E-state index in [4.69, 9.17) is 10.3 Å². The average molecular weight is 221 g/mol. The van der Waals surface area contributed by atoms with Crippen molar-refractivity contribution in [3.8, 4) is 0 Å². The first-order valence-corrected chi connectivity index (χ1v) is 7.56. The number of rotatable bonds is 7. The van der Waals surface area contributed by atoms with E-state index in [1.807, 2.05) is 6.92 Å². The molecule has 4 heteroatoms. The van der Waals surface area contributed by atoms with Gasteiger partial charge in [0.1, 0.15) is 0 Å². The Kier molecular flexibility index (Phi) is 6.67. The fourth-order valence-electron chi connectivity index (χ4n) is 0.984. The Morgan fingerprint density at radius 1 is 1.29 bits per heavy atom. The summed E-state index contributed by atoms with van der Waals surface area (Å²) in [5.41, 5.74) is 5.60. The fourth-order valence-corrected chi connectivity index (χ4v) is 2.48. The molecule has 0 spiro atoms. The first-order chi connectivity index (χ1) is 6.33. The van der Waals surface area contributed by atoms with Crippen molar-refractivity contribution in [2.24, 2.45) is 11.7 Å². The van der Waals surface area contributed by atoms with Gasteiger partial charge in [-0.05, 0) is 25.7 Å². The van der Waals surface area contributed by atoms with Crippen LogP contribution in [0.25, 0.3) is 0 Å². The fraction of sp³-hybridized carbons (Fsp3) is 1.00. The van der Waals surface area contributed by atoms with Crippen molar-refractivity contribution < 1.29 is 9.09 Å². The van der Waals surface area contributed by atoms with Crippen molar-refractivity contribution in [1.29, 1.82) is 0 Å². The molecule has 0 heterocycles. The van der Waals surface area contributed by atoms with Crippen molar-refractivity contribution in [3.63, 3.8) is 0 Å². The smallest absolute Gasteiger partial charge is 0.200 e. The molecular formula is C10H24NO2P. The normalized spacial score (nSPS) is 18.1. The van der Waals surface area contributed by atoms with Gasteiger partial charge in [0.05, 0.1) is 6.61 Å². The Hall–Kier alpha value is 0.150. The van der Waals surface area contributed by atoms with E-state index < -0.39 is 7.37 Å². The lowest BCUT2D eigenvalue weighted by atomic mass is 10.2. The topological polar surface area (TPSA) is 52.3 Å². The maximum absolute atomic E-state index is 11.8. The van der Waals surface area contributed by atoms with Gasteiger partial charge in [-0.25, -0.2) is 0 Å². The summed E-state index contributed by atoms with van der Waals surface area (Å²) in [6.45, 7) is 8.49. The van der Waals surface area contributed by atoms with Crippen molar-refractivity contribution in [1.82, 2.24) is 0 Å². The molecule has 0 saturated carbocycles. The molecule has 14 heavy (non-hydrogen) atoms. The third kappa shape index (κ3) is 8.74. The molecule has 2 unspecified atom stereocenters. The van der Waals surface area contributed by atoms with E-state index in [2.05, 4.69) is 13.8 Å². The molecule has 0 aromatic carbocycles. The maximum Gasteiger partial charge on any atom is 0.200 e. The highest BCUT2D eigenvalue weighted by Crippen LogP contribution is 2.43. The van der Waals surface area contributed by atoms with Crippen LogP contribution in [0.1, 0.15) is 33.6 Å². The van der Waals surface area contributed by atoms with Gasteiger partial charge in [0.15, 0.2) is 7.37 Å². The minimum absolute atomic E-state index is 0.108. The van der Waals surface area contributed by atoms with Crippen LogP contribution in [0.3, 0.4) is 0 Å². The van der Waals surface area contributed by atoms with Gasteiger partial charge >= 0.3 is 0 Å². The van der Waals surface area contributed by atoms with Crippen LogP contribution in [0.4, 0.5) is 0 Å². The van der Waals surface area contributed by atoms with Crippen LogP contribution >= 0.6 is 7.37 Å². The minimum Gasteiger partial charge on any atom is -0.329 e. The lowest BCUT2D eigenvalue weighted by molar-refractivity contribution is 0.290. The van der Waals surface area contributed by atoms with Crippen LogP contribution in [0.15, 0.2) is 0 Å². The molecule has 0 saturated heterocycles. The first-order valence-electron chi connectivity index (χ1n) is 5.30. The zero-order valence-electron chi connectivity index (χ0n) is 9.82. The van der Waals surface area contributed by atoms with Gasteiger partial charge in [-0.1, -0.05) is 13.8 Å². The molecule has 0 amide bonds. The molecule has 86 valence electrons. The summed E-state index contributed by atoms with van der Waals surface area (Å²) in [4.78, 5) is 0. The third-order valence-corrected chi connectivity index (χ3v) is 3.85. The minimum atomic E-state index is -2.38. The predicted molar refractivity (Wildman–Crippen MR) is 62.1 cm³/mol. The maximum atomic E-state index is 11.8. The molecule has 2 N–H and O–H groups in total. The highest BCUT2D eigenvalue weighted by Gasteiger charge is 2.16. The monoisotopic (exact) mass is 221 g/mol. The summed E-state index contributed by atoms with van der Waals surface area (Å²) >= 11 is 0. The molecular weight excluding hydrogens is 197 g/mol. The summed E-state index contributed by atoms with van der Waals surface area (Å²) < 4.78 is 17.2. The summed E-state index contributed by atoms with van der Waals surface area (Å²) in [6.07, 6.45) is 2.34. The average Bonchev–Trinajstić information content (AvgIpc) is 2.00. The first kappa shape index (κ1) is 14.2. The number of hydrogen-bond acceptors (Lipinski definition) is 3. The molecule has 0 aromatic rings. The zero-order chi connectivity index (χ0) is 11.2. The van der Waals surface area contributed by atoms with Gasteiger partial charge < -0.3 is 10.3 Å². The predicted octanol–water partition coefficient (Wildman–Crippen LogP) is 2.69. The van der Waals surface area contributed by atoms with E-state index in [1.165, 1.54) is 0 Å². The molecule has 0 aliphatic heterocycles. The highest BCUT2D eigenvalue weighted by atomic mass is 31.2. The van der Waals surface area contributed by atoms with Crippen molar-refractivity contribution in [3.05, 3.63) is 0 Å². The van der Waals surface area contributed by atoms with Gasteiger partial charge in [-0.15, -0.1) is 0 Å². The van der Waals surface area contributed by atoms with Gasteiger partial charge in [0.25, 0.3) is 0 Å². The molecule has 2 atom stereocenters. The van der Waals surface area contributed by atoms with Crippen LogP contribution in [0.5, 0.6) is 0 Å². The van der Waals surface area contributed by atoms with Crippen molar-refractivity contribution >= 4 is 7.37 Å². The zero-order valence-corrected chi connectivity index (χ0v) is 10.7. The van der Waals surface area contributed by atoms with Gasteiger partial charge in [-0.2, -0.15) is 0 Å². The van der Waals surface area contributed by atoms with Crippen LogP contribution in [-0.2, 0) is 9.09 Å². The van der Waals surface area contributed by atoms with Crippen LogP contribution < -0.4 is 5.73 Å². The second kappa shape index (κ2) is 6.60. The SMILES string of the molecule is CC(C)CCOP(C)(=O)CCC(C)N. The molecule has 0 rings (SSSR count). The Balaban J connectivity index is 3.67. The van der Waals surface area contributed by atoms with E-state index in [-0.39, 0.29) is 6.04 Å². The van der Waals surface area contributed by atoms with Gasteiger partial charge in [0.2, 0.25) is 0 Å². The van der Waals surface area contributed by atoms with E-state index in [9.17, 15) is 4.57 Å². The van der Waals surface area contributed by atoms with Crippen molar-refractivity contribution in [2.45, 2.75) is 39.7 Å². The standard InChI is InChI=1S/C10H24NO2P/c1-9(2)5-7-13-14(4,12)8-6-10(3)11/h9-10H,5-8,11H2,1-4H3. The number of hydrogen-bond donors (Lipinski definition) is 1. The Bertz CT molecular complexity index is 193. The van der Waals surface area contributed by atoms with E-state index in [1.54, 1.807) is 6.66 Å². The van der Waals surface area contributed by atoms with Gasteiger partial charge in [-0.3, -0.25) is 4.57 Å². The highest BCUT2D eigenvalue weighted by molar-refractivity contribution is 7.58. The Morgan fingerprint density at radius 2 is 1.86 bits per heavy atom. The third-order valence-electron chi connectivity index (χ3n) is 2.05. The summed E-state index contributed by atoms with van der Waals surface area (Å²) in [5, 5.41) is 0. The summed E-state index contributed by atoms with van der Waals surface area (Å²) in [6, 6.07) is 0.108. The molecule has 0 fully saturated rings. The summed E-state index contributed by atoms with van der Waals surface area (Å²) in [7, 11) is -2.38. The quantitative estimate of drug-likeness (QED) is 0.672. The van der Waals surface area contributed by atoms with E-state index in [0.29, 0.717) is 18.7 Å².